The third kappa shape index (κ3) is 4.98. The minimum absolute atomic E-state index is 0.217. The predicted octanol–water partition coefficient (Wildman–Crippen LogP) is 3.25. The first kappa shape index (κ1) is 15.7. The average molecular weight is 303 g/mol. The number of hydrogen-bond donors (Lipinski definition) is 1. The molecule has 0 amide bonds. The number of thiophene rings is 1. The van der Waals surface area contributed by atoms with Crippen molar-refractivity contribution in [3.8, 4) is 11.8 Å². The summed E-state index contributed by atoms with van der Waals surface area (Å²) >= 11 is 1.73. The summed E-state index contributed by atoms with van der Waals surface area (Å²) in [6, 6.07) is 8.96. The highest BCUT2D eigenvalue weighted by molar-refractivity contribution is 7.09. The summed E-state index contributed by atoms with van der Waals surface area (Å²) in [5, 5.41) is 10.8. The zero-order chi connectivity index (χ0) is 15.1. The van der Waals surface area contributed by atoms with Crippen LogP contribution in [0.3, 0.4) is 0 Å². The SMILES string of the molecule is CCN(Cc1cc(F)cc(C#CCO)c1)Cc1cccs1. The number of halogens is 1. The van der Waals surface area contributed by atoms with Crippen molar-refractivity contribution in [3.63, 3.8) is 0 Å². The lowest BCUT2D eigenvalue weighted by Gasteiger charge is -2.19. The number of benzene rings is 1. The molecule has 0 radical (unpaired) electrons. The van der Waals surface area contributed by atoms with Crippen molar-refractivity contribution >= 4 is 11.3 Å². The van der Waals surface area contributed by atoms with E-state index in [2.05, 4.69) is 35.1 Å². The van der Waals surface area contributed by atoms with Gasteiger partial charge in [0.15, 0.2) is 0 Å². The molecule has 0 atom stereocenters. The quantitative estimate of drug-likeness (QED) is 0.857. The number of nitrogens with zero attached hydrogens (tertiary/aromatic N) is 1. The van der Waals surface area contributed by atoms with Crippen molar-refractivity contribution in [2.75, 3.05) is 13.2 Å². The maximum Gasteiger partial charge on any atom is 0.124 e. The zero-order valence-electron chi connectivity index (χ0n) is 12.0. The molecule has 21 heavy (non-hydrogen) atoms. The lowest BCUT2D eigenvalue weighted by atomic mass is 10.1. The molecule has 1 aromatic carbocycles. The molecule has 0 fully saturated rings. The van der Waals surface area contributed by atoms with E-state index in [1.54, 1.807) is 17.4 Å². The largest absolute Gasteiger partial charge is 0.384 e. The Kier molecular flexibility index (Phi) is 5.94. The van der Waals surface area contributed by atoms with Crippen LogP contribution in [-0.2, 0) is 13.1 Å². The highest BCUT2D eigenvalue weighted by Gasteiger charge is 2.07. The molecular weight excluding hydrogens is 285 g/mol. The Hall–Kier alpha value is -1.67. The fourth-order valence-corrected chi connectivity index (χ4v) is 2.86. The fraction of sp³-hybridized carbons (Fsp3) is 0.294. The number of hydrogen-bond acceptors (Lipinski definition) is 3. The normalized spacial score (nSPS) is 10.5. The second kappa shape index (κ2) is 7.94. The van der Waals surface area contributed by atoms with Crippen LogP contribution in [0.5, 0.6) is 0 Å². The van der Waals surface area contributed by atoms with E-state index >= 15 is 0 Å². The van der Waals surface area contributed by atoms with Crippen LogP contribution < -0.4 is 0 Å². The second-order valence-corrected chi connectivity index (χ2v) is 5.72. The van der Waals surface area contributed by atoms with Gasteiger partial charge in [-0.05, 0) is 41.8 Å². The van der Waals surface area contributed by atoms with Gasteiger partial charge in [-0.1, -0.05) is 24.8 Å². The van der Waals surface area contributed by atoms with Crippen molar-refractivity contribution in [1.82, 2.24) is 4.90 Å². The smallest absolute Gasteiger partial charge is 0.124 e. The molecule has 2 nitrogen and oxygen atoms in total. The van der Waals surface area contributed by atoms with Crippen LogP contribution in [0.1, 0.15) is 22.9 Å². The van der Waals surface area contributed by atoms with Gasteiger partial charge in [0, 0.05) is 23.5 Å². The van der Waals surface area contributed by atoms with E-state index in [1.165, 1.54) is 10.9 Å². The van der Waals surface area contributed by atoms with Crippen molar-refractivity contribution in [2.24, 2.45) is 0 Å². The molecule has 2 rings (SSSR count). The minimum Gasteiger partial charge on any atom is -0.384 e. The van der Waals surface area contributed by atoms with E-state index in [4.69, 9.17) is 5.11 Å². The fourth-order valence-electron chi connectivity index (χ4n) is 2.12. The Morgan fingerprint density at radius 2 is 2.14 bits per heavy atom. The first-order chi connectivity index (χ1) is 10.2. The Morgan fingerprint density at radius 3 is 2.81 bits per heavy atom. The van der Waals surface area contributed by atoms with Crippen molar-refractivity contribution < 1.29 is 9.50 Å². The molecule has 1 heterocycles. The first-order valence-electron chi connectivity index (χ1n) is 6.85. The molecule has 0 unspecified atom stereocenters. The van der Waals surface area contributed by atoms with Gasteiger partial charge in [0.1, 0.15) is 12.4 Å². The topological polar surface area (TPSA) is 23.5 Å². The molecule has 4 heteroatoms. The zero-order valence-corrected chi connectivity index (χ0v) is 12.8. The van der Waals surface area contributed by atoms with E-state index in [-0.39, 0.29) is 12.4 Å². The van der Waals surface area contributed by atoms with Crippen molar-refractivity contribution in [3.05, 3.63) is 57.5 Å². The molecule has 110 valence electrons. The summed E-state index contributed by atoms with van der Waals surface area (Å²) in [5.41, 5.74) is 1.50. The molecule has 0 saturated heterocycles. The Morgan fingerprint density at radius 1 is 1.29 bits per heavy atom. The van der Waals surface area contributed by atoms with Gasteiger partial charge in [-0.25, -0.2) is 4.39 Å². The van der Waals surface area contributed by atoms with Gasteiger partial charge in [0.2, 0.25) is 0 Å². The minimum atomic E-state index is -0.290. The van der Waals surface area contributed by atoms with Crippen LogP contribution in [0.25, 0.3) is 0 Å². The van der Waals surface area contributed by atoms with Crippen LogP contribution in [0.2, 0.25) is 0 Å². The summed E-state index contributed by atoms with van der Waals surface area (Å²) in [7, 11) is 0. The predicted molar refractivity (Wildman–Crippen MR) is 84.5 cm³/mol. The Bertz CT molecular complexity index is 628. The summed E-state index contributed by atoms with van der Waals surface area (Å²) < 4.78 is 13.6. The van der Waals surface area contributed by atoms with E-state index < -0.39 is 0 Å². The molecule has 0 aliphatic heterocycles. The monoisotopic (exact) mass is 303 g/mol. The van der Waals surface area contributed by atoms with Gasteiger partial charge in [-0.15, -0.1) is 11.3 Å². The van der Waals surface area contributed by atoms with Crippen molar-refractivity contribution in [1.29, 1.82) is 0 Å². The van der Waals surface area contributed by atoms with E-state index in [1.807, 2.05) is 12.1 Å². The highest BCUT2D eigenvalue weighted by Crippen LogP contribution is 2.16. The summed E-state index contributed by atoms with van der Waals surface area (Å²) in [5.74, 6) is 5.02. The van der Waals surface area contributed by atoms with Crippen LogP contribution in [0.4, 0.5) is 4.39 Å². The summed E-state index contributed by atoms with van der Waals surface area (Å²) in [6.07, 6.45) is 0. The van der Waals surface area contributed by atoms with Gasteiger partial charge in [-0.2, -0.15) is 0 Å². The lowest BCUT2D eigenvalue weighted by Crippen LogP contribution is -2.21. The Labute approximate surface area is 128 Å². The van der Waals surface area contributed by atoms with E-state index in [9.17, 15) is 4.39 Å². The van der Waals surface area contributed by atoms with E-state index in [0.29, 0.717) is 12.1 Å². The molecule has 0 aliphatic rings. The molecule has 1 aromatic heterocycles. The van der Waals surface area contributed by atoms with Crippen LogP contribution >= 0.6 is 11.3 Å². The van der Waals surface area contributed by atoms with Gasteiger partial charge in [0.25, 0.3) is 0 Å². The Balaban J connectivity index is 2.11. The lowest BCUT2D eigenvalue weighted by molar-refractivity contribution is 0.273. The molecule has 2 aromatic rings. The van der Waals surface area contributed by atoms with Gasteiger partial charge < -0.3 is 5.11 Å². The summed E-state index contributed by atoms with van der Waals surface area (Å²) in [4.78, 5) is 3.55. The average Bonchev–Trinajstić information content (AvgIpc) is 2.96. The number of rotatable bonds is 5. The summed E-state index contributed by atoms with van der Waals surface area (Å²) in [6.45, 7) is 4.32. The van der Waals surface area contributed by atoms with Crippen LogP contribution in [0.15, 0.2) is 35.7 Å². The van der Waals surface area contributed by atoms with Crippen LogP contribution in [-0.4, -0.2) is 23.2 Å². The highest BCUT2D eigenvalue weighted by atomic mass is 32.1. The molecule has 0 spiro atoms. The molecule has 0 aliphatic carbocycles. The molecule has 1 N–H and O–H groups in total. The van der Waals surface area contributed by atoms with Crippen LogP contribution in [0, 0.1) is 17.7 Å². The first-order valence-corrected chi connectivity index (χ1v) is 7.73. The maximum atomic E-state index is 13.6. The molecule has 0 bridgehead atoms. The van der Waals surface area contributed by atoms with Gasteiger partial charge >= 0.3 is 0 Å². The van der Waals surface area contributed by atoms with Gasteiger partial charge in [0.05, 0.1) is 0 Å². The second-order valence-electron chi connectivity index (χ2n) is 4.69. The number of aliphatic hydroxyl groups excluding tert-OH is 1. The third-order valence-electron chi connectivity index (χ3n) is 3.08. The number of aliphatic hydroxyl groups is 1. The standard InChI is InChI=1S/C17H18FNOS/c1-2-19(13-17-6-4-8-21-17)12-15-9-14(5-3-7-20)10-16(18)11-15/h4,6,8-11,20H,2,7,12-13H2,1H3. The van der Waals surface area contributed by atoms with Gasteiger partial charge in [-0.3, -0.25) is 4.90 Å². The van der Waals surface area contributed by atoms with Crippen molar-refractivity contribution in [2.45, 2.75) is 20.0 Å². The van der Waals surface area contributed by atoms with E-state index in [0.717, 1.165) is 18.7 Å². The molecule has 0 saturated carbocycles. The maximum absolute atomic E-state index is 13.6. The molecular formula is C17H18FNOS. The third-order valence-corrected chi connectivity index (χ3v) is 3.94.